The normalized spacial score (nSPS) is 15.6. The third-order valence-corrected chi connectivity index (χ3v) is 4.89. The van der Waals surface area contributed by atoms with Gasteiger partial charge in [0.05, 0.1) is 12.2 Å². The minimum Gasteiger partial charge on any atom is -0.368 e. The molecular weight excluding hydrogens is 438 g/mol. The summed E-state index contributed by atoms with van der Waals surface area (Å²) in [4.78, 5) is 36.4. The highest BCUT2D eigenvalue weighted by Crippen LogP contribution is 2.24. The lowest BCUT2D eigenvalue weighted by atomic mass is 10.1. The number of nitrogens with zero attached hydrogens (tertiary/aromatic N) is 2. The maximum atomic E-state index is 12.5. The number of halogens is 1. The van der Waals surface area contributed by atoms with Crippen LogP contribution < -0.4 is 21.4 Å². The predicted molar refractivity (Wildman–Crippen MR) is 114 cm³/mol. The van der Waals surface area contributed by atoms with Gasteiger partial charge in [0.2, 0.25) is 11.8 Å². The van der Waals surface area contributed by atoms with Crippen LogP contribution in [0.15, 0.2) is 58.1 Å². The Labute approximate surface area is 176 Å². The second-order valence-electron chi connectivity index (χ2n) is 6.54. The highest BCUT2D eigenvalue weighted by molar-refractivity contribution is 9.10. The highest BCUT2D eigenvalue weighted by Gasteiger charge is 2.34. The number of benzene rings is 2. The summed E-state index contributed by atoms with van der Waals surface area (Å²) in [5, 5.41) is 11.0. The quantitative estimate of drug-likeness (QED) is 0.613. The average molecular weight is 458 g/mol. The molecule has 0 saturated carbocycles. The van der Waals surface area contributed by atoms with E-state index in [-0.39, 0.29) is 24.6 Å². The second kappa shape index (κ2) is 8.87. The molecule has 0 aromatic heterocycles. The molecule has 1 heterocycles. The fraction of sp³-hybridized carbons (Fsp3) is 0.200. The number of carbonyl (C=O) groups excluding carboxylic acids is 3. The van der Waals surface area contributed by atoms with Crippen LogP contribution in [0.3, 0.4) is 0 Å². The van der Waals surface area contributed by atoms with Crippen LogP contribution in [0.4, 0.5) is 11.4 Å². The van der Waals surface area contributed by atoms with Gasteiger partial charge >= 0.3 is 0 Å². The van der Waals surface area contributed by atoms with Crippen molar-refractivity contribution in [1.82, 2.24) is 5.32 Å². The first-order valence-electron chi connectivity index (χ1n) is 8.90. The van der Waals surface area contributed by atoms with Gasteiger partial charge in [0, 0.05) is 16.6 Å². The maximum Gasteiger partial charge on any atom is 0.268 e. The number of hydrogen-bond acceptors (Lipinski definition) is 5. The van der Waals surface area contributed by atoms with Gasteiger partial charge in [-0.25, -0.2) is 0 Å². The molecule has 0 fully saturated rings. The Morgan fingerprint density at radius 2 is 1.93 bits per heavy atom. The summed E-state index contributed by atoms with van der Waals surface area (Å²) in [6, 6.07) is 13.7. The Bertz CT molecular complexity index is 977. The largest absolute Gasteiger partial charge is 0.368 e. The van der Waals surface area contributed by atoms with Gasteiger partial charge in [-0.2, -0.15) is 5.10 Å². The fourth-order valence-corrected chi connectivity index (χ4v) is 3.39. The van der Waals surface area contributed by atoms with E-state index in [1.165, 1.54) is 5.01 Å². The number of aryl methyl sites for hydroxylation is 1. The lowest BCUT2D eigenvalue weighted by Crippen LogP contribution is -2.40. The van der Waals surface area contributed by atoms with E-state index in [2.05, 4.69) is 31.7 Å². The van der Waals surface area contributed by atoms with Gasteiger partial charge in [-0.1, -0.05) is 34.1 Å². The van der Waals surface area contributed by atoms with Crippen molar-refractivity contribution in [3.63, 3.8) is 0 Å². The lowest BCUT2D eigenvalue weighted by molar-refractivity contribution is -0.120. The van der Waals surface area contributed by atoms with Gasteiger partial charge in [-0.3, -0.25) is 19.4 Å². The third-order valence-electron chi connectivity index (χ3n) is 4.39. The number of anilines is 2. The smallest absolute Gasteiger partial charge is 0.268 e. The van der Waals surface area contributed by atoms with Crippen molar-refractivity contribution in [2.45, 2.75) is 19.4 Å². The summed E-state index contributed by atoms with van der Waals surface area (Å²) in [6.07, 6.45) is 0.0729. The van der Waals surface area contributed by atoms with Gasteiger partial charge in [-0.15, -0.1) is 0 Å². The topological polar surface area (TPSA) is 117 Å². The van der Waals surface area contributed by atoms with Crippen LogP contribution in [0.5, 0.6) is 0 Å². The molecule has 0 spiro atoms. The summed E-state index contributed by atoms with van der Waals surface area (Å²) < 4.78 is 0.910. The minimum absolute atomic E-state index is 0.0729. The monoisotopic (exact) mass is 457 g/mol. The van der Waals surface area contributed by atoms with E-state index in [1.807, 2.05) is 25.1 Å². The molecule has 150 valence electrons. The number of amides is 3. The Kier molecular flexibility index (Phi) is 6.28. The minimum atomic E-state index is -0.752. The molecule has 4 N–H and O–H groups in total. The van der Waals surface area contributed by atoms with Crippen LogP contribution in [0.2, 0.25) is 0 Å². The van der Waals surface area contributed by atoms with E-state index in [1.54, 1.807) is 30.3 Å². The zero-order valence-electron chi connectivity index (χ0n) is 15.7. The Hall–Kier alpha value is -3.20. The van der Waals surface area contributed by atoms with Gasteiger partial charge in [0.25, 0.3) is 5.91 Å². The molecule has 2 aromatic rings. The number of primary amides is 1. The molecule has 0 radical (unpaired) electrons. The summed E-state index contributed by atoms with van der Waals surface area (Å²) in [7, 11) is 0. The molecule has 1 unspecified atom stereocenters. The number of nitrogens with two attached hydrogens (primary N) is 1. The van der Waals surface area contributed by atoms with Crippen LogP contribution in [0.1, 0.15) is 12.0 Å². The molecule has 0 bridgehead atoms. The summed E-state index contributed by atoms with van der Waals surface area (Å²) in [5.41, 5.74) is 7.82. The standard InChI is InChI=1S/C20H20BrN5O3/c1-12-9-13(21)7-8-15(12)24-18(27)11-23-20(29)16-10-17(19(22)28)26(25-16)14-5-3-2-4-6-14/h2-9,17H,10-11H2,1H3,(H2,22,28)(H,23,29)(H,24,27). The van der Waals surface area contributed by atoms with Crippen LogP contribution in [-0.4, -0.2) is 36.0 Å². The molecule has 0 saturated heterocycles. The molecule has 2 aromatic carbocycles. The predicted octanol–water partition coefficient (Wildman–Crippen LogP) is 1.93. The van der Waals surface area contributed by atoms with Crippen molar-refractivity contribution in [3.05, 3.63) is 58.6 Å². The molecule has 1 aliphatic heterocycles. The Balaban J connectivity index is 1.62. The van der Waals surface area contributed by atoms with Crippen LogP contribution in [0.25, 0.3) is 0 Å². The van der Waals surface area contributed by atoms with E-state index >= 15 is 0 Å². The van der Waals surface area contributed by atoms with E-state index in [0.29, 0.717) is 11.4 Å². The SMILES string of the molecule is Cc1cc(Br)ccc1NC(=O)CNC(=O)C1=NN(c2ccccc2)C(C(N)=O)C1. The van der Waals surface area contributed by atoms with E-state index in [0.717, 1.165) is 10.0 Å². The van der Waals surface area contributed by atoms with Crippen molar-refractivity contribution >= 4 is 50.7 Å². The summed E-state index contributed by atoms with van der Waals surface area (Å²) in [6.45, 7) is 1.65. The summed E-state index contributed by atoms with van der Waals surface area (Å²) >= 11 is 3.37. The van der Waals surface area contributed by atoms with Gasteiger partial charge < -0.3 is 16.4 Å². The molecule has 1 aliphatic rings. The second-order valence-corrected chi connectivity index (χ2v) is 7.45. The number of hydrogen-bond donors (Lipinski definition) is 3. The lowest BCUT2D eigenvalue weighted by Gasteiger charge is -2.20. The zero-order valence-corrected chi connectivity index (χ0v) is 17.3. The first-order chi connectivity index (χ1) is 13.8. The summed E-state index contributed by atoms with van der Waals surface area (Å²) in [5.74, 6) is -1.46. The van der Waals surface area contributed by atoms with Crippen molar-refractivity contribution in [1.29, 1.82) is 0 Å². The Morgan fingerprint density at radius 1 is 1.21 bits per heavy atom. The molecule has 3 amide bonds. The molecule has 29 heavy (non-hydrogen) atoms. The number of carbonyl (C=O) groups is 3. The van der Waals surface area contributed by atoms with Crippen molar-refractivity contribution < 1.29 is 14.4 Å². The molecular formula is C20H20BrN5O3. The van der Waals surface area contributed by atoms with Crippen molar-refractivity contribution in [3.8, 4) is 0 Å². The van der Waals surface area contributed by atoms with Crippen molar-refractivity contribution in [2.24, 2.45) is 10.8 Å². The highest BCUT2D eigenvalue weighted by atomic mass is 79.9. The average Bonchev–Trinajstić information content (AvgIpc) is 3.15. The maximum absolute atomic E-state index is 12.5. The third kappa shape index (κ3) is 5.00. The van der Waals surface area contributed by atoms with Gasteiger partial charge in [0.1, 0.15) is 11.8 Å². The molecule has 0 aliphatic carbocycles. The number of hydrazone groups is 1. The number of nitrogens with one attached hydrogen (secondary N) is 2. The van der Waals surface area contributed by atoms with E-state index < -0.39 is 17.9 Å². The molecule has 9 heteroatoms. The molecule has 1 atom stereocenters. The van der Waals surface area contributed by atoms with Crippen LogP contribution in [-0.2, 0) is 14.4 Å². The van der Waals surface area contributed by atoms with Crippen LogP contribution in [0, 0.1) is 6.92 Å². The van der Waals surface area contributed by atoms with Crippen LogP contribution >= 0.6 is 15.9 Å². The Morgan fingerprint density at radius 3 is 2.59 bits per heavy atom. The van der Waals surface area contributed by atoms with Gasteiger partial charge in [-0.05, 0) is 42.8 Å². The van der Waals surface area contributed by atoms with Gasteiger partial charge in [0.15, 0.2) is 0 Å². The first kappa shape index (κ1) is 20.5. The number of para-hydroxylation sites is 1. The molecule has 3 rings (SSSR count). The van der Waals surface area contributed by atoms with Crippen molar-refractivity contribution in [2.75, 3.05) is 16.9 Å². The number of rotatable bonds is 6. The molecule has 8 nitrogen and oxygen atoms in total. The zero-order chi connectivity index (χ0) is 21.0. The van der Waals surface area contributed by atoms with E-state index in [4.69, 9.17) is 5.73 Å². The van der Waals surface area contributed by atoms with E-state index in [9.17, 15) is 14.4 Å². The fourth-order valence-electron chi connectivity index (χ4n) is 2.91. The first-order valence-corrected chi connectivity index (χ1v) is 9.69.